The van der Waals surface area contributed by atoms with Crippen molar-refractivity contribution in [1.29, 1.82) is 5.26 Å². The molecule has 48 heavy (non-hydrogen) atoms. The molecule has 0 radical (unpaired) electrons. The number of anilines is 2. The molecule has 17 heteroatoms. The summed E-state index contributed by atoms with van der Waals surface area (Å²) in [6, 6.07) is 13.1. The lowest BCUT2D eigenvalue weighted by Crippen LogP contribution is -2.25. The number of carbonyl (C=O) groups excluding carboxylic acids is 1. The van der Waals surface area contributed by atoms with Crippen molar-refractivity contribution in [2.45, 2.75) is 19.0 Å². The Bertz CT molecular complexity index is 1970. The van der Waals surface area contributed by atoms with Gasteiger partial charge in [0.05, 0.1) is 22.5 Å². The summed E-state index contributed by atoms with van der Waals surface area (Å²) >= 11 is 6.42. The van der Waals surface area contributed by atoms with Crippen LogP contribution in [0.4, 0.5) is 33.5 Å². The number of hydrogen-bond acceptors (Lipinski definition) is 8. The summed E-state index contributed by atoms with van der Waals surface area (Å²) in [5, 5.41) is 22.0. The average Bonchev–Trinajstić information content (AvgIpc) is 3.49. The summed E-state index contributed by atoms with van der Waals surface area (Å²) in [5.74, 6) is -5.40. The highest BCUT2D eigenvalue weighted by molar-refractivity contribution is 6.34. The third-order valence-corrected chi connectivity index (χ3v) is 6.75. The van der Waals surface area contributed by atoms with Crippen molar-refractivity contribution in [3.8, 4) is 23.1 Å². The van der Waals surface area contributed by atoms with Crippen LogP contribution in [-0.4, -0.2) is 55.7 Å². The molecule has 5 rings (SSSR count). The Hall–Kier alpha value is -5.82. The maximum absolute atomic E-state index is 14.9. The van der Waals surface area contributed by atoms with Gasteiger partial charge in [0.1, 0.15) is 6.07 Å². The average molecular weight is 688 g/mol. The van der Waals surface area contributed by atoms with Crippen LogP contribution in [0.5, 0.6) is 5.75 Å². The van der Waals surface area contributed by atoms with Crippen molar-refractivity contribution in [2.24, 2.45) is 0 Å². The number of fused-ring (bicyclic) bond motifs is 1. The highest BCUT2D eigenvalue weighted by atomic mass is 35.5. The molecule has 0 aliphatic heterocycles. The molecule has 3 aromatic heterocycles. The predicted molar refractivity (Wildman–Crippen MR) is 163 cm³/mol. The first kappa shape index (κ1) is 35.0. The van der Waals surface area contributed by atoms with Crippen molar-refractivity contribution in [2.75, 3.05) is 18.5 Å². The topological polar surface area (TPSA) is 155 Å². The molecule has 0 bridgehead atoms. The number of nitriles is 1. The Balaban J connectivity index is 0.000000671. The minimum absolute atomic E-state index is 0.0457. The van der Waals surface area contributed by atoms with Crippen LogP contribution in [0.15, 0.2) is 73.4 Å². The van der Waals surface area contributed by atoms with Gasteiger partial charge in [0, 0.05) is 42.6 Å². The molecule has 0 spiro atoms. The van der Waals surface area contributed by atoms with Crippen LogP contribution in [-0.2, 0) is 11.2 Å². The fraction of sp³-hybridized carbons (Fsp3) is 0.161. The number of aromatic nitrogens is 4. The lowest BCUT2D eigenvalue weighted by molar-refractivity contribution is -0.192. The number of nitrogens with one attached hydrogen (secondary N) is 2. The number of pyridine rings is 1. The molecule has 0 atom stereocenters. The number of carboxylic acid groups (broad SMARTS) is 1. The van der Waals surface area contributed by atoms with Crippen molar-refractivity contribution in [3.63, 3.8) is 0 Å². The summed E-state index contributed by atoms with van der Waals surface area (Å²) in [6.45, 7) is 0.0838. The number of imidazole rings is 1. The van der Waals surface area contributed by atoms with Gasteiger partial charge in [-0.15, -0.1) is 0 Å². The van der Waals surface area contributed by atoms with Gasteiger partial charge in [0.25, 0.3) is 5.91 Å². The first-order chi connectivity index (χ1) is 22.9. The smallest absolute Gasteiger partial charge is 0.476 e. The van der Waals surface area contributed by atoms with Crippen LogP contribution in [0.3, 0.4) is 0 Å². The zero-order valence-corrected chi connectivity index (χ0v) is 25.2. The van der Waals surface area contributed by atoms with Crippen molar-refractivity contribution < 1.29 is 41.4 Å². The van der Waals surface area contributed by atoms with E-state index >= 15 is 0 Å². The lowest BCUT2D eigenvalue weighted by atomic mass is 10.1. The summed E-state index contributed by atoms with van der Waals surface area (Å²) < 4.78 is 67.6. The van der Waals surface area contributed by atoms with Crippen LogP contribution in [0, 0.1) is 23.0 Å². The molecule has 248 valence electrons. The van der Waals surface area contributed by atoms with E-state index in [0.29, 0.717) is 29.3 Å². The zero-order valence-electron chi connectivity index (χ0n) is 24.4. The number of nitrogens with zero attached hydrogens (tertiary/aromatic N) is 5. The Labute approximate surface area is 273 Å². The number of rotatable bonds is 10. The standard InChI is InChI=1S/C29H22ClF2N7O2.C2HF3O2/c30-22-16-19(3-4-20(22)29(40)36-10-1-2-18-7-11-34-12-8-18)38-27-28-37-17-23(39(28)14-13-35-27)21-5-6-24(41-15-9-33)26(32)25(21)31;3-2(4,5)1(6)7/h3-8,11-14,16-17H,1-2,10,15H2,(H,35,38)(H,36,40);(H,6,7). The molecular weight excluding hydrogens is 665 g/mol. The fourth-order valence-corrected chi connectivity index (χ4v) is 4.48. The molecular formula is C31H23ClF5N7O4. The molecule has 0 unspecified atom stereocenters. The summed E-state index contributed by atoms with van der Waals surface area (Å²) in [6.07, 6.45) is 4.41. The Morgan fingerprint density at radius 1 is 1.04 bits per heavy atom. The molecule has 5 aromatic rings. The van der Waals surface area contributed by atoms with Gasteiger partial charge in [-0.1, -0.05) is 11.6 Å². The van der Waals surface area contributed by atoms with Crippen LogP contribution in [0.1, 0.15) is 22.3 Å². The number of hydrogen-bond donors (Lipinski definition) is 3. The van der Waals surface area contributed by atoms with Gasteiger partial charge in [-0.2, -0.15) is 22.8 Å². The lowest BCUT2D eigenvalue weighted by Gasteiger charge is -2.11. The van der Waals surface area contributed by atoms with Crippen LogP contribution >= 0.6 is 11.6 Å². The maximum atomic E-state index is 14.9. The van der Waals surface area contributed by atoms with E-state index in [1.807, 2.05) is 12.1 Å². The molecule has 0 saturated carbocycles. The minimum Gasteiger partial charge on any atom is -0.476 e. The first-order valence-electron chi connectivity index (χ1n) is 13.7. The van der Waals surface area contributed by atoms with Gasteiger partial charge in [-0.05, 0) is 60.9 Å². The molecule has 3 N–H and O–H groups in total. The quantitative estimate of drug-likeness (QED) is 0.112. The third-order valence-electron chi connectivity index (χ3n) is 6.44. The zero-order chi connectivity index (χ0) is 34.8. The van der Waals surface area contributed by atoms with Gasteiger partial charge in [-0.25, -0.2) is 19.2 Å². The highest BCUT2D eigenvalue weighted by Gasteiger charge is 2.38. The Kier molecular flexibility index (Phi) is 11.4. The van der Waals surface area contributed by atoms with E-state index < -0.39 is 30.4 Å². The number of halogens is 6. The van der Waals surface area contributed by atoms with E-state index in [1.165, 1.54) is 24.5 Å². The third kappa shape index (κ3) is 8.70. The predicted octanol–water partition coefficient (Wildman–Crippen LogP) is 6.36. The van der Waals surface area contributed by atoms with Crippen molar-refractivity contribution in [3.05, 3.63) is 101 Å². The summed E-state index contributed by atoms with van der Waals surface area (Å²) in [5.41, 5.74) is 2.60. The van der Waals surface area contributed by atoms with Gasteiger partial charge in [-0.3, -0.25) is 14.2 Å². The second kappa shape index (κ2) is 15.6. The normalized spacial score (nSPS) is 10.9. The minimum atomic E-state index is -5.08. The number of amides is 1. The van der Waals surface area contributed by atoms with Crippen LogP contribution < -0.4 is 15.4 Å². The SMILES string of the molecule is N#CCOc1ccc(-c2cnc3c(Nc4ccc(C(=O)NCCCc5ccncc5)c(Cl)c4)nccn23)c(F)c1F.O=C(O)C(F)(F)F. The van der Waals surface area contributed by atoms with E-state index in [0.717, 1.165) is 18.4 Å². The van der Waals surface area contributed by atoms with Gasteiger partial charge >= 0.3 is 12.1 Å². The Morgan fingerprint density at radius 3 is 2.44 bits per heavy atom. The molecule has 3 heterocycles. The van der Waals surface area contributed by atoms with Crippen LogP contribution in [0.25, 0.3) is 16.9 Å². The monoisotopic (exact) mass is 687 g/mol. The second-order valence-electron chi connectivity index (χ2n) is 9.64. The molecule has 0 aliphatic carbocycles. The van der Waals surface area contributed by atoms with Crippen LogP contribution in [0.2, 0.25) is 5.02 Å². The summed E-state index contributed by atoms with van der Waals surface area (Å²) in [7, 11) is 0. The van der Waals surface area contributed by atoms with Gasteiger partial charge in [0.2, 0.25) is 5.82 Å². The molecule has 1 amide bonds. The number of carboxylic acids is 1. The molecule has 0 aliphatic rings. The van der Waals surface area contributed by atoms with E-state index in [2.05, 4.69) is 25.6 Å². The largest absolute Gasteiger partial charge is 0.490 e. The molecule has 0 saturated heterocycles. The number of aliphatic carboxylic acids is 1. The molecule has 2 aromatic carbocycles. The molecule has 11 nitrogen and oxygen atoms in total. The van der Waals surface area contributed by atoms with Gasteiger partial charge in [0.15, 0.2) is 29.6 Å². The summed E-state index contributed by atoms with van der Waals surface area (Å²) in [4.78, 5) is 34.2. The van der Waals surface area contributed by atoms with Crippen molar-refractivity contribution >= 4 is 40.6 Å². The fourth-order valence-electron chi connectivity index (χ4n) is 4.21. The Morgan fingerprint density at radius 2 is 1.77 bits per heavy atom. The number of aryl methyl sites for hydroxylation is 1. The number of benzene rings is 2. The van der Waals surface area contributed by atoms with Gasteiger partial charge < -0.3 is 20.5 Å². The number of ether oxygens (including phenoxy) is 1. The maximum Gasteiger partial charge on any atom is 0.490 e. The number of alkyl halides is 3. The van der Waals surface area contributed by atoms with E-state index in [9.17, 15) is 26.7 Å². The van der Waals surface area contributed by atoms with E-state index in [4.69, 9.17) is 31.5 Å². The first-order valence-corrected chi connectivity index (χ1v) is 14.1. The van der Waals surface area contributed by atoms with E-state index in [-0.39, 0.29) is 27.9 Å². The van der Waals surface area contributed by atoms with E-state index in [1.54, 1.807) is 47.3 Å². The van der Waals surface area contributed by atoms with Crippen molar-refractivity contribution in [1.82, 2.24) is 24.7 Å². The molecule has 0 fully saturated rings. The second-order valence-corrected chi connectivity index (χ2v) is 10.0. The number of carbonyl (C=O) groups is 2. The highest BCUT2D eigenvalue weighted by Crippen LogP contribution is 2.32.